The Labute approximate surface area is 104 Å². The molecule has 106 valence electrons. The summed E-state index contributed by atoms with van der Waals surface area (Å²) in [6.07, 6.45) is -0.559. The Morgan fingerprint density at radius 1 is 1.33 bits per heavy atom. The average molecular weight is 268 g/mol. The zero-order valence-electron chi connectivity index (χ0n) is 10.3. The Morgan fingerprint density at radius 3 is 2.61 bits per heavy atom. The third kappa shape index (κ3) is 5.68. The minimum absolute atomic E-state index is 0.0969. The summed E-state index contributed by atoms with van der Waals surface area (Å²) in [4.78, 5) is 11.2. The van der Waals surface area contributed by atoms with Crippen molar-refractivity contribution in [2.75, 3.05) is 20.2 Å². The van der Waals surface area contributed by atoms with E-state index in [1.807, 2.05) is 7.05 Å². The molecule has 1 saturated carbocycles. The number of carbonyl (C=O) groups is 1. The standard InChI is InChI=1S/C11H19F3N2O2/c1-15-8-4-2-3-5-9(8)18-6-10(17)16-7-11(12,13)14/h8-9,15H,2-7H2,1H3,(H,16,17). The summed E-state index contributed by atoms with van der Waals surface area (Å²) in [6, 6.07) is 0.175. The molecule has 0 saturated heterocycles. The molecular weight excluding hydrogens is 249 g/mol. The Morgan fingerprint density at radius 2 is 2.00 bits per heavy atom. The minimum atomic E-state index is -4.38. The third-order valence-corrected chi connectivity index (χ3v) is 2.99. The van der Waals surface area contributed by atoms with Gasteiger partial charge in [-0.15, -0.1) is 0 Å². The number of nitrogens with one attached hydrogen (secondary N) is 2. The lowest BCUT2D eigenvalue weighted by atomic mass is 9.92. The number of hydrogen-bond donors (Lipinski definition) is 2. The van der Waals surface area contributed by atoms with E-state index in [0.717, 1.165) is 25.7 Å². The summed E-state index contributed by atoms with van der Waals surface area (Å²) in [6.45, 7) is -1.63. The molecule has 0 aromatic rings. The van der Waals surface area contributed by atoms with Gasteiger partial charge in [0.05, 0.1) is 6.10 Å². The number of alkyl halides is 3. The van der Waals surface area contributed by atoms with Gasteiger partial charge in [0.1, 0.15) is 13.2 Å². The van der Waals surface area contributed by atoms with Crippen molar-refractivity contribution in [3.8, 4) is 0 Å². The molecule has 0 aliphatic heterocycles. The van der Waals surface area contributed by atoms with Crippen LogP contribution in [0.25, 0.3) is 0 Å². The number of carbonyl (C=O) groups excluding carboxylic acids is 1. The fraction of sp³-hybridized carbons (Fsp3) is 0.909. The molecule has 4 nitrogen and oxygen atoms in total. The normalized spacial score (nSPS) is 24.9. The van der Waals surface area contributed by atoms with Crippen LogP contribution in [0.2, 0.25) is 0 Å². The third-order valence-electron chi connectivity index (χ3n) is 2.99. The molecule has 18 heavy (non-hydrogen) atoms. The highest BCUT2D eigenvalue weighted by molar-refractivity contribution is 5.77. The van der Waals surface area contributed by atoms with Crippen LogP contribution in [-0.2, 0) is 9.53 Å². The Hall–Kier alpha value is -0.820. The molecular formula is C11H19F3N2O2. The average Bonchev–Trinajstić information content (AvgIpc) is 2.33. The van der Waals surface area contributed by atoms with Gasteiger partial charge < -0.3 is 15.4 Å². The zero-order valence-corrected chi connectivity index (χ0v) is 10.3. The van der Waals surface area contributed by atoms with Crippen molar-refractivity contribution in [3.05, 3.63) is 0 Å². The van der Waals surface area contributed by atoms with Gasteiger partial charge in [-0.05, 0) is 19.9 Å². The molecule has 0 spiro atoms. The predicted molar refractivity (Wildman–Crippen MR) is 60.1 cm³/mol. The molecule has 7 heteroatoms. The molecule has 0 radical (unpaired) electrons. The molecule has 1 aliphatic rings. The van der Waals surface area contributed by atoms with Gasteiger partial charge in [-0.3, -0.25) is 4.79 Å². The number of amides is 1. The highest BCUT2D eigenvalue weighted by Crippen LogP contribution is 2.20. The molecule has 2 N–H and O–H groups in total. The number of ether oxygens (including phenoxy) is 1. The molecule has 1 aliphatic carbocycles. The van der Waals surface area contributed by atoms with Gasteiger partial charge in [0.15, 0.2) is 0 Å². The fourth-order valence-corrected chi connectivity index (χ4v) is 2.06. The van der Waals surface area contributed by atoms with Crippen LogP contribution in [-0.4, -0.2) is 44.4 Å². The van der Waals surface area contributed by atoms with Crippen molar-refractivity contribution in [3.63, 3.8) is 0 Å². The van der Waals surface area contributed by atoms with Gasteiger partial charge in [-0.1, -0.05) is 12.8 Å². The number of rotatable bonds is 5. The van der Waals surface area contributed by atoms with Gasteiger partial charge in [0.2, 0.25) is 5.91 Å². The van der Waals surface area contributed by atoms with E-state index in [4.69, 9.17) is 4.74 Å². The highest BCUT2D eigenvalue weighted by Gasteiger charge is 2.28. The molecule has 0 heterocycles. The van der Waals surface area contributed by atoms with Crippen molar-refractivity contribution in [1.82, 2.24) is 10.6 Å². The minimum Gasteiger partial charge on any atom is -0.367 e. The second-order valence-electron chi connectivity index (χ2n) is 4.42. The quantitative estimate of drug-likeness (QED) is 0.788. The lowest BCUT2D eigenvalue weighted by Crippen LogP contribution is -2.44. The maximum Gasteiger partial charge on any atom is 0.405 e. The maximum absolute atomic E-state index is 11.9. The van der Waals surface area contributed by atoms with Crippen LogP contribution in [0.15, 0.2) is 0 Å². The SMILES string of the molecule is CNC1CCCCC1OCC(=O)NCC(F)(F)F. The topological polar surface area (TPSA) is 50.4 Å². The van der Waals surface area contributed by atoms with Crippen molar-refractivity contribution >= 4 is 5.91 Å². The molecule has 0 aromatic heterocycles. The monoisotopic (exact) mass is 268 g/mol. The zero-order chi connectivity index (χ0) is 13.6. The van der Waals surface area contributed by atoms with E-state index >= 15 is 0 Å². The van der Waals surface area contributed by atoms with E-state index < -0.39 is 18.6 Å². The molecule has 1 rings (SSSR count). The number of halogens is 3. The van der Waals surface area contributed by atoms with Crippen LogP contribution in [0, 0.1) is 0 Å². The second-order valence-corrected chi connectivity index (χ2v) is 4.42. The molecule has 1 fully saturated rings. The largest absolute Gasteiger partial charge is 0.405 e. The van der Waals surface area contributed by atoms with Crippen LogP contribution >= 0.6 is 0 Å². The number of hydrogen-bond acceptors (Lipinski definition) is 3. The molecule has 0 bridgehead atoms. The second kappa shape index (κ2) is 6.94. The van der Waals surface area contributed by atoms with E-state index in [-0.39, 0.29) is 18.8 Å². The van der Waals surface area contributed by atoms with Gasteiger partial charge in [-0.2, -0.15) is 13.2 Å². The van der Waals surface area contributed by atoms with E-state index in [2.05, 4.69) is 5.32 Å². The first-order valence-corrected chi connectivity index (χ1v) is 6.04. The molecule has 0 aromatic carbocycles. The molecule has 2 unspecified atom stereocenters. The number of likely N-dealkylation sites (N-methyl/N-ethyl adjacent to an activating group) is 1. The van der Waals surface area contributed by atoms with Crippen molar-refractivity contribution < 1.29 is 22.7 Å². The summed E-state index contributed by atoms with van der Waals surface area (Å²) < 4.78 is 41.0. The van der Waals surface area contributed by atoms with Crippen LogP contribution in [0.4, 0.5) is 13.2 Å². The highest BCUT2D eigenvalue weighted by atomic mass is 19.4. The van der Waals surface area contributed by atoms with Crippen LogP contribution in [0.5, 0.6) is 0 Å². The van der Waals surface area contributed by atoms with E-state index in [1.165, 1.54) is 0 Å². The van der Waals surface area contributed by atoms with E-state index in [9.17, 15) is 18.0 Å². The fourth-order valence-electron chi connectivity index (χ4n) is 2.06. The first kappa shape index (κ1) is 15.2. The van der Waals surface area contributed by atoms with Gasteiger partial charge in [0, 0.05) is 6.04 Å². The molecule has 1 amide bonds. The van der Waals surface area contributed by atoms with Crippen LogP contribution in [0.1, 0.15) is 25.7 Å². The van der Waals surface area contributed by atoms with E-state index in [1.54, 1.807) is 5.32 Å². The smallest absolute Gasteiger partial charge is 0.367 e. The van der Waals surface area contributed by atoms with Gasteiger partial charge >= 0.3 is 6.18 Å². The lowest BCUT2D eigenvalue weighted by Gasteiger charge is -2.31. The van der Waals surface area contributed by atoms with Gasteiger partial charge in [-0.25, -0.2) is 0 Å². The first-order chi connectivity index (χ1) is 8.42. The lowest BCUT2D eigenvalue weighted by molar-refractivity contribution is -0.143. The van der Waals surface area contributed by atoms with Crippen molar-refractivity contribution in [2.24, 2.45) is 0 Å². The summed E-state index contributed by atoms with van der Waals surface area (Å²) in [5.74, 6) is -0.729. The van der Waals surface area contributed by atoms with E-state index in [0.29, 0.717) is 0 Å². The summed E-state index contributed by atoms with van der Waals surface area (Å²) in [5, 5.41) is 4.88. The Bertz CT molecular complexity index is 272. The predicted octanol–water partition coefficient (Wildman–Crippen LogP) is 1.21. The molecule has 2 atom stereocenters. The summed E-state index contributed by atoms with van der Waals surface area (Å²) >= 11 is 0. The Kier molecular flexibility index (Phi) is 5.87. The Balaban J connectivity index is 2.24. The van der Waals surface area contributed by atoms with Crippen molar-refractivity contribution in [1.29, 1.82) is 0 Å². The summed E-state index contributed by atoms with van der Waals surface area (Å²) in [5.41, 5.74) is 0. The van der Waals surface area contributed by atoms with Crippen molar-refractivity contribution in [2.45, 2.75) is 44.0 Å². The van der Waals surface area contributed by atoms with Crippen LogP contribution < -0.4 is 10.6 Å². The first-order valence-electron chi connectivity index (χ1n) is 6.04. The maximum atomic E-state index is 11.9. The van der Waals surface area contributed by atoms with Crippen LogP contribution in [0.3, 0.4) is 0 Å². The summed E-state index contributed by atoms with van der Waals surface area (Å²) in [7, 11) is 1.82. The van der Waals surface area contributed by atoms with Gasteiger partial charge in [0.25, 0.3) is 0 Å².